The van der Waals surface area contributed by atoms with Crippen molar-refractivity contribution in [2.24, 2.45) is 5.41 Å². The van der Waals surface area contributed by atoms with E-state index >= 15 is 0 Å². The number of hydrogen-bond acceptors (Lipinski definition) is 3. The van der Waals surface area contributed by atoms with Crippen LogP contribution in [-0.4, -0.2) is 34.0 Å². The van der Waals surface area contributed by atoms with E-state index in [-0.39, 0.29) is 5.82 Å². The fourth-order valence-electron chi connectivity index (χ4n) is 3.60. The Morgan fingerprint density at radius 2 is 2.16 bits per heavy atom. The van der Waals surface area contributed by atoms with Crippen LogP contribution in [0.2, 0.25) is 0 Å². The second-order valence-electron chi connectivity index (χ2n) is 6.84. The fourth-order valence-corrected chi connectivity index (χ4v) is 3.60. The minimum Gasteiger partial charge on any atom is -0.481 e. The zero-order valence-corrected chi connectivity index (χ0v) is 14.2. The average Bonchev–Trinajstić information content (AvgIpc) is 2.61. The highest BCUT2D eigenvalue weighted by Gasteiger charge is 2.40. The number of fused-ring (bicyclic) bond motifs is 1. The summed E-state index contributed by atoms with van der Waals surface area (Å²) in [5, 5.41) is 10.4. The molecule has 3 rings (SSSR count). The van der Waals surface area contributed by atoms with Crippen molar-refractivity contribution in [3.8, 4) is 0 Å². The van der Waals surface area contributed by atoms with Crippen LogP contribution in [0.1, 0.15) is 31.2 Å². The van der Waals surface area contributed by atoms with Crippen molar-refractivity contribution in [2.45, 2.75) is 32.2 Å². The monoisotopic (exact) mass is 342 g/mol. The quantitative estimate of drug-likeness (QED) is 0.806. The minimum absolute atomic E-state index is 0.310. The van der Waals surface area contributed by atoms with Gasteiger partial charge in [0.2, 0.25) is 0 Å². The molecule has 4 nitrogen and oxygen atoms in total. The molecular weight excluding hydrogens is 319 g/mol. The zero-order valence-electron chi connectivity index (χ0n) is 14.2. The summed E-state index contributed by atoms with van der Waals surface area (Å²) in [5.74, 6) is -1.01. The summed E-state index contributed by atoms with van der Waals surface area (Å²) in [7, 11) is 0. The van der Waals surface area contributed by atoms with Gasteiger partial charge in [-0.2, -0.15) is 0 Å². The van der Waals surface area contributed by atoms with Crippen LogP contribution in [0.3, 0.4) is 0 Å². The number of para-hydroxylation sites is 1. The number of nitrogens with zero attached hydrogens (tertiary/aromatic N) is 2. The molecule has 0 spiro atoms. The van der Waals surface area contributed by atoms with Crippen molar-refractivity contribution in [3.63, 3.8) is 0 Å². The van der Waals surface area contributed by atoms with Crippen LogP contribution >= 0.6 is 0 Å². The Morgan fingerprint density at radius 1 is 1.40 bits per heavy atom. The van der Waals surface area contributed by atoms with Gasteiger partial charge < -0.3 is 5.11 Å². The lowest BCUT2D eigenvalue weighted by Gasteiger charge is -2.38. The third kappa shape index (κ3) is 3.71. The molecule has 1 fully saturated rings. The van der Waals surface area contributed by atoms with Crippen molar-refractivity contribution in [1.82, 2.24) is 9.88 Å². The van der Waals surface area contributed by atoms with Crippen molar-refractivity contribution < 1.29 is 14.3 Å². The van der Waals surface area contributed by atoms with Gasteiger partial charge in [0.25, 0.3) is 0 Å². The predicted molar refractivity (Wildman–Crippen MR) is 95.7 cm³/mol. The molecule has 2 aromatic rings. The molecule has 0 saturated carbocycles. The summed E-state index contributed by atoms with van der Waals surface area (Å²) in [6, 6.07) is 6.91. The number of piperidine rings is 1. The molecule has 5 heteroatoms. The molecule has 0 unspecified atom stereocenters. The number of carboxylic acid groups (broad SMARTS) is 1. The Kier molecular flexibility index (Phi) is 5.13. The Bertz CT molecular complexity index is 782. The summed E-state index contributed by atoms with van der Waals surface area (Å²) >= 11 is 0. The van der Waals surface area contributed by atoms with Crippen LogP contribution in [-0.2, 0) is 11.3 Å². The smallest absolute Gasteiger partial charge is 0.309 e. The van der Waals surface area contributed by atoms with E-state index in [0.29, 0.717) is 31.3 Å². The molecule has 0 atom stereocenters. The largest absolute Gasteiger partial charge is 0.481 e. The van der Waals surface area contributed by atoms with E-state index in [0.717, 1.165) is 30.5 Å². The van der Waals surface area contributed by atoms with Gasteiger partial charge in [-0.25, -0.2) is 4.39 Å². The molecular formula is C20H23FN2O2. The van der Waals surface area contributed by atoms with E-state index in [4.69, 9.17) is 0 Å². The summed E-state index contributed by atoms with van der Waals surface area (Å²) < 4.78 is 13.7. The van der Waals surface area contributed by atoms with Crippen molar-refractivity contribution in [1.29, 1.82) is 0 Å². The van der Waals surface area contributed by atoms with E-state index in [1.807, 2.05) is 12.1 Å². The third-order valence-electron chi connectivity index (χ3n) is 5.22. The molecule has 1 saturated heterocycles. The number of pyridine rings is 1. The number of allylic oxidation sites excluding steroid dienone is 1. The molecule has 0 radical (unpaired) electrons. The number of aliphatic carboxylic acids is 1. The number of carbonyl (C=O) groups is 1. The van der Waals surface area contributed by atoms with Gasteiger partial charge >= 0.3 is 5.97 Å². The molecule has 2 heterocycles. The first-order valence-corrected chi connectivity index (χ1v) is 8.64. The maximum atomic E-state index is 13.7. The van der Waals surface area contributed by atoms with Gasteiger partial charge in [-0.1, -0.05) is 18.2 Å². The first-order chi connectivity index (χ1) is 12.0. The summed E-state index contributed by atoms with van der Waals surface area (Å²) in [6.45, 7) is 5.89. The molecule has 1 aliphatic heterocycles. The second-order valence-corrected chi connectivity index (χ2v) is 6.84. The standard InChI is InChI=1S/C20H23FN2O2/c1-2-3-7-20(19(24)25)8-10-23(11-9-20)14-15-12-16-5-4-6-17(21)18(16)22-13-15/h2,4-6,12-13H,1,3,7-11,14H2,(H,24,25). The predicted octanol–water partition coefficient (Wildman–Crippen LogP) is 4.01. The van der Waals surface area contributed by atoms with E-state index < -0.39 is 11.4 Å². The Balaban J connectivity index is 1.67. The van der Waals surface area contributed by atoms with Gasteiger partial charge in [0, 0.05) is 18.1 Å². The van der Waals surface area contributed by atoms with Crippen LogP contribution in [0.5, 0.6) is 0 Å². The lowest BCUT2D eigenvalue weighted by molar-refractivity contribution is -0.152. The SMILES string of the molecule is C=CCCC1(C(=O)O)CCN(Cc2cnc3c(F)cccc3c2)CC1. The van der Waals surface area contributed by atoms with Crippen LogP contribution in [0.4, 0.5) is 4.39 Å². The first kappa shape index (κ1) is 17.5. The van der Waals surface area contributed by atoms with Crippen molar-refractivity contribution in [2.75, 3.05) is 13.1 Å². The van der Waals surface area contributed by atoms with Gasteiger partial charge in [0.1, 0.15) is 11.3 Å². The average molecular weight is 342 g/mol. The third-order valence-corrected chi connectivity index (χ3v) is 5.22. The fraction of sp³-hybridized carbons (Fsp3) is 0.400. The van der Waals surface area contributed by atoms with Crippen LogP contribution in [0, 0.1) is 11.2 Å². The molecule has 1 aromatic carbocycles. The van der Waals surface area contributed by atoms with Gasteiger partial charge in [-0.3, -0.25) is 14.7 Å². The van der Waals surface area contributed by atoms with E-state index in [1.54, 1.807) is 18.3 Å². The van der Waals surface area contributed by atoms with Gasteiger partial charge in [-0.15, -0.1) is 6.58 Å². The molecule has 0 bridgehead atoms. The van der Waals surface area contributed by atoms with Crippen LogP contribution in [0.25, 0.3) is 10.9 Å². The highest BCUT2D eigenvalue weighted by atomic mass is 19.1. The highest BCUT2D eigenvalue weighted by Crippen LogP contribution is 2.37. The summed E-state index contributed by atoms with van der Waals surface area (Å²) in [4.78, 5) is 18.2. The van der Waals surface area contributed by atoms with Gasteiger partial charge in [-0.05, 0) is 56.5 Å². The number of likely N-dealkylation sites (tertiary alicyclic amines) is 1. The molecule has 1 N–H and O–H groups in total. The number of aromatic nitrogens is 1. The lowest BCUT2D eigenvalue weighted by Crippen LogP contribution is -2.44. The summed E-state index contributed by atoms with van der Waals surface area (Å²) in [6.07, 6.45) is 6.17. The summed E-state index contributed by atoms with van der Waals surface area (Å²) in [5.41, 5.74) is 0.779. The molecule has 0 amide bonds. The van der Waals surface area contributed by atoms with Gasteiger partial charge in [0.05, 0.1) is 5.41 Å². The molecule has 25 heavy (non-hydrogen) atoms. The number of rotatable bonds is 6. The van der Waals surface area contributed by atoms with E-state index in [9.17, 15) is 14.3 Å². The topological polar surface area (TPSA) is 53.4 Å². The van der Waals surface area contributed by atoms with Crippen LogP contribution < -0.4 is 0 Å². The number of carboxylic acids is 1. The maximum Gasteiger partial charge on any atom is 0.309 e. The second kappa shape index (κ2) is 7.31. The van der Waals surface area contributed by atoms with E-state index in [1.165, 1.54) is 6.07 Å². The molecule has 0 aliphatic carbocycles. The maximum absolute atomic E-state index is 13.7. The Morgan fingerprint density at radius 3 is 2.84 bits per heavy atom. The van der Waals surface area contributed by atoms with E-state index in [2.05, 4.69) is 16.5 Å². The van der Waals surface area contributed by atoms with Crippen molar-refractivity contribution in [3.05, 3.63) is 54.5 Å². The number of halogens is 1. The zero-order chi connectivity index (χ0) is 17.9. The number of hydrogen-bond donors (Lipinski definition) is 1. The van der Waals surface area contributed by atoms with Gasteiger partial charge in [0.15, 0.2) is 0 Å². The lowest BCUT2D eigenvalue weighted by atomic mass is 9.75. The van der Waals surface area contributed by atoms with Crippen LogP contribution in [0.15, 0.2) is 43.1 Å². The first-order valence-electron chi connectivity index (χ1n) is 8.64. The highest BCUT2D eigenvalue weighted by molar-refractivity contribution is 5.79. The normalized spacial score (nSPS) is 17.5. The molecule has 1 aliphatic rings. The van der Waals surface area contributed by atoms with Crippen molar-refractivity contribution >= 4 is 16.9 Å². The molecule has 1 aromatic heterocycles. The Labute approximate surface area is 147 Å². The minimum atomic E-state index is -0.697. The Hall–Kier alpha value is -2.27. The number of benzene rings is 1. The molecule has 132 valence electrons.